The van der Waals surface area contributed by atoms with Gasteiger partial charge in [0.2, 0.25) is 0 Å². The zero-order valence-electron chi connectivity index (χ0n) is 20.3. The molecule has 0 unspecified atom stereocenters. The van der Waals surface area contributed by atoms with E-state index in [9.17, 15) is 4.79 Å². The third-order valence-electron chi connectivity index (χ3n) is 9.61. The Balaban J connectivity index is 1.70. The molecule has 0 aliphatic heterocycles. The summed E-state index contributed by atoms with van der Waals surface area (Å²) in [5, 5.41) is 0. The fourth-order valence-electron chi connectivity index (χ4n) is 7.78. The van der Waals surface area contributed by atoms with Gasteiger partial charge in [-0.05, 0) is 62.2 Å². The van der Waals surface area contributed by atoms with Crippen LogP contribution in [0.25, 0.3) is 0 Å². The van der Waals surface area contributed by atoms with Crippen LogP contribution in [0.4, 0.5) is 0 Å². The van der Waals surface area contributed by atoms with Crippen molar-refractivity contribution in [1.29, 1.82) is 0 Å². The maximum Gasteiger partial charge on any atom is 0.312 e. The van der Waals surface area contributed by atoms with Crippen molar-refractivity contribution in [3.8, 4) is 0 Å². The minimum Gasteiger partial charge on any atom is -0.469 e. The second-order valence-electron chi connectivity index (χ2n) is 11.2. The van der Waals surface area contributed by atoms with Crippen LogP contribution < -0.4 is 0 Å². The highest BCUT2D eigenvalue weighted by atomic mass is 16.5. The first-order valence-corrected chi connectivity index (χ1v) is 13.8. The monoisotopic (exact) mass is 418 g/mol. The van der Waals surface area contributed by atoms with E-state index in [0.717, 1.165) is 24.7 Å². The lowest BCUT2D eigenvalue weighted by atomic mass is 9.49. The van der Waals surface area contributed by atoms with Crippen molar-refractivity contribution in [2.45, 2.75) is 142 Å². The summed E-state index contributed by atoms with van der Waals surface area (Å²) < 4.78 is 5.53. The third-order valence-corrected chi connectivity index (χ3v) is 9.61. The van der Waals surface area contributed by atoms with Crippen LogP contribution >= 0.6 is 0 Å². The van der Waals surface area contributed by atoms with Crippen LogP contribution in [0.5, 0.6) is 0 Å². The molecule has 0 aromatic heterocycles. The molecule has 0 heterocycles. The first-order chi connectivity index (χ1) is 14.7. The van der Waals surface area contributed by atoms with E-state index < -0.39 is 0 Å². The third kappa shape index (κ3) is 5.44. The summed E-state index contributed by atoms with van der Waals surface area (Å²) in [6.45, 7) is 2.29. The molecule has 0 bridgehead atoms. The minimum atomic E-state index is -0.180. The van der Waals surface area contributed by atoms with Gasteiger partial charge in [0, 0.05) is 0 Å². The van der Waals surface area contributed by atoms with Crippen molar-refractivity contribution in [2.24, 2.45) is 22.7 Å². The number of carbonyl (C=O) groups is 1. The van der Waals surface area contributed by atoms with Crippen molar-refractivity contribution < 1.29 is 9.53 Å². The van der Waals surface area contributed by atoms with Crippen molar-refractivity contribution >= 4 is 5.97 Å². The quantitative estimate of drug-likeness (QED) is 0.262. The van der Waals surface area contributed by atoms with E-state index in [2.05, 4.69) is 6.92 Å². The van der Waals surface area contributed by atoms with E-state index in [1.54, 1.807) is 7.11 Å². The van der Waals surface area contributed by atoms with E-state index in [4.69, 9.17) is 4.74 Å². The summed E-state index contributed by atoms with van der Waals surface area (Å²) in [4.78, 5) is 13.3. The molecular weight excluding hydrogens is 368 g/mol. The molecule has 3 rings (SSSR count). The van der Waals surface area contributed by atoms with Gasteiger partial charge in [0.15, 0.2) is 0 Å². The van der Waals surface area contributed by atoms with Crippen LogP contribution in [0.1, 0.15) is 142 Å². The van der Waals surface area contributed by atoms with Gasteiger partial charge in [-0.2, -0.15) is 0 Å². The van der Waals surface area contributed by atoms with Crippen LogP contribution in [-0.4, -0.2) is 13.1 Å². The van der Waals surface area contributed by atoms with Crippen LogP contribution in [-0.2, 0) is 9.53 Å². The molecule has 0 spiro atoms. The maximum atomic E-state index is 13.3. The topological polar surface area (TPSA) is 26.3 Å². The van der Waals surface area contributed by atoms with Gasteiger partial charge in [0.05, 0.1) is 12.5 Å². The molecule has 0 aromatic rings. The molecular formula is C28H50O2. The highest BCUT2D eigenvalue weighted by Crippen LogP contribution is 2.61. The largest absolute Gasteiger partial charge is 0.469 e. The number of methoxy groups -OCH3 is 1. The van der Waals surface area contributed by atoms with Crippen LogP contribution in [0, 0.1) is 22.7 Å². The molecule has 0 saturated heterocycles. The van der Waals surface area contributed by atoms with Gasteiger partial charge in [-0.15, -0.1) is 0 Å². The Morgan fingerprint density at radius 1 is 0.733 bits per heavy atom. The van der Waals surface area contributed by atoms with Crippen molar-refractivity contribution in [3.63, 3.8) is 0 Å². The van der Waals surface area contributed by atoms with Gasteiger partial charge in [0.1, 0.15) is 0 Å². The summed E-state index contributed by atoms with van der Waals surface area (Å²) >= 11 is 0. The predicted octanol–water partition coefficient (Wildman–Crippen LogP) is 8.62. The predicted molar refractivity (Wildman–Crippen MR) is 126 cm³/mol. The lowest BCUT2D eigenvalue weighted by Crippen LogP contribution is -2.51. The van der Waals surface area contributed by atoms with E-state index in [-0.39, 0.29) is 16.8 Å². The van der Waals surface area contributed by atoms with E-state index in [0.29, 0.717) is 0 Å². The summed E-state index contributed by atoms with van der Waals surface area (Å²) in [5.74, 6) is 2.05. The molecule has 30 heavy (non-hydrogen) atoms. The summed E-state index contributed by atoms with van der Waals surface area (Å²) in [6, 6.07) is 0. The first kappa shape index (κ1) is 24.1. The zero-order valence-corrected chi connectivity index (χ0v) is 20.3. The molecule has 0 aromatic carbocycles. The van der Waals surface area contributed by atoms with Gasteiger partial charge in [-0.3, -0.25) is 4.79 Å². The van der Waals surface area contributed by atoms with Gasteiger partial charge >= 0.3 is 5.97 Å². The number of ether oxygens (including phenoxy) is 1. The summed E-state index contributed by atoms with van der Waals surface area (Å²) in [5.41, 5.74) is 0.0391. The molecule has 0 radical (unpaired) electrons. The van der Waals surface area contributed by atoms with Gasteiger partial charge in [-0.25, -0.2) is 0 Å². The van der Waals surface area contributed by atoms with Crippen molar-refractivity contribution in [1.82, 2.24) is 0 Å². The van der Waals surface area contributed by atoms with Crippen LogP contribution in [0.15, 0.2) is 0 Å². The fraction of sp³-hybridized carbons (Fsp3) is 0.964. The normalized spacial score (nSPS) is 30.1. The number of rotatable bonds is 10. The zero-order chi connectivity index (χ0) is 21.3. The van der Waals surface area contributed by atoms with E-state index in [1.165, 1.54) is 122 Å². The smallest absolute Gasteiger partial charge is 0.312 e. The van der Waals surface area contributed by atoms with Crippen molar-refractivity contribution in [2.75, 3.05) is 7.11 Å². The van der Waals surface area contributed by atoms with E-state index in [1.807, 2.05) is 0 Å². The summed E-state index contributed by atoms with van der Waals surface area (Å²) in [7, 11) is 1.64. The van der Waals surface area contributed by atoms with Crippen molar-refractivity contribution in [3.05, 3.63) is 0 Å². The standard InChI is InChI=1S/C28H50O2/c1-3-4-5-6-7-12-19-27(28(26(29)30-2)20-13-9-14-21-28)22-17-25(18-23-27)24-15-10-8-11-16-24/h24-25H,3-23H2,1-2H3. The second kappa shape index (κ2) is 11.9. The molecule has 3 aliphatic carbocycles. The lowest BCUT2D eigenvalue weighted by molar-refractivity contribution is -0.172. The lowest BCUT2D eigenvalue weighted by Gasteiger charge is -2.55. The Bertz CT molecular complexity index is 491. The molecule has 3 saturated carbocycles. The van der Waals surface area contributed by atoms with Gasteiger partial charge in [0.25, 0.3) is 0 Å². The maximum absolute atomic E-state index is 13.3. The molecule has 2 nitrogen and oxygen atoms in total. The fourth-order valence-corrected chi connectivity index (χ4v) is 7.78. The minimum absolute atomic E-state index is 0.143. The molecule has 174 valence electrons. The highest BCUT2D eigenvalue weighted by Gasteiger charge is 2.57. The molecule has 2 heteroatoms. The summed E-state index contributed by atoms with van der Waals surface area (Å²) in [6.07, 6.45) is 27.9. The highest BCUT2D eigenvalue weighted by molar-refractivity contribution is 5.78. The Morgan fingerprint density at radius 3 is 1.93 bits per heavy atom. The number of hydrogen-bond donors (Lipinski definition) is 0. The van der Waals surface area contributed by atoms with Gasteiger partial charge in [-0.1, -0.05) is 96.8 Å². The number of unbranched alkanes of at least 4 members (excludes halogenated alkanes) is 5. The Kier molecular flexibility index (Phi) is 9.58. The number of hydrogen-bond acceptors (Lipinski definition) is 2. The molecule has 0 atom stereocenters. The number of carbonyl (C=O) groups excluding carboxylic acids is 1. The SMILES string of the molecule is CCCCCCCCC1(C2(C(=O)OC)CCCCC2)CCC(C2CCCCC2)CC1. The second-order valence-corrected chi connectivity index (χ2v) is 11.2. The number of esters is 1. The van der Waals surface area contributed by atoms with Crippen LogP contribution in [0.3, 0.4) is 0 Å². The molecule has 0 N–H and O–H groups in total. The van der Waals surface area contributed by atoms with E-state index >= 15 is 0 Å². The Hall–Kier alpha value is -0.530. The first-order valence-electron chi connectivity index (χ1n) is 13.8. The molecule has 3 aliphatic rings. The van der Waals surface area contributed by atoms with Crippen LogP contribution in [0.2, 0.25) is 0 Å². The average molecular weight is 419 g/mol. The molecule has 3 fully saturated rings. The molecule has 0 amide bonds. The average Bonchev–Trinajstić information content (AvgIpc) is 2.82. The Labute approximate surface area is 187 Å². The van der Waals surface area contributed by atoms with Gasteiger partial charge < -0.3 is 4.74 Å². The Morgan fingerprint density at radius 2 is 1.30 bits per heavy atom.